The topological polar surface area (TPSA) is 280 Å². The Labute approximate surface area is 464 Å². The lowest BCUT2D eigenvalue weighted by atomic mass is 9.42. The van der Waals surface area contributed by atoms with Gasteiger partial charge in [-0.1, -0.05) is 13.8 Å². The zero-order chi connectivity index (χ0) is 56.5. The fourth-order valence-electron chi connectivity index (χ4n) is 15.4. The van der Waals surface area contributed by atoms with Crippen LogP contribution in [0.1, 0.15) is 122 Å². The van der Waals surface area contributed by atoms with E-state index in [4.69, 9.17) is 42.6 Å². The summed E-state index contributed by atoms with van der Waals surface area (Å²) in [5.41, 5.74) is 3.27. The number of aliphatic hydroxyl groups excluding tert-OH is 5. The lowest BCUT2D eigenvalue weighted by molar-refractivity contribution is -0.336. The van der Waals surface area contributed by atoms with Gasteiger partial charge in [-0.05, 0) is 133 Å². The molecule has 3 saturated heterocycles. The second-order valence-corrected chi connectivity index (χ2v) is 25.6. The van der Waals surface area contributed by atoms with E-state index in [2.05, 4.69) is 21.9 Å². The number of aromatic nitrogens is 3. The van der Waals surface area contributed by atoms with Gasteiger partial charge in [-0.15, -0.1) is 0 Å². The van der Waals surface area contributed by atoms with Crippen LogP contribution in [-0.2, 0) is 54.5 Å². The molecule has 0 amide bonds. The Morgan fingerprint density at radius 2 is 1.44 bits per heavy atom. The number of hydrogen-bond acceptors (Lipinski definition) is 19. The molecule has 6 heterocycles. The van der Waals surface area contributed by atoms with Crippen LogP contribution in [0, 0.1) is 48.3 Å². The molecule has 0 bridgehead atoms. The summed E-state index contributed by atoms with van der Waals surface area (Å²) in [5.74, 6) is 1.99. The fourth-order valence-corrected chi connectivity index (χ4v) is 16.5. The molecular weight excluding hydrogens is 1040 g/mol. The summed E-state index contributed by atoms with van der Waals surface area (Å²) in [6.45, 7) is 13.8. The number of pyridine rings is 1. The fraction of sp³-hybridized carbons (Fsp3) is 0.741. The number of benzene rings is 1. The number of aryl methyl sites for hydroxylation is 1. The largest absolute Gasteiger partial charge is 0.497 e. The molecule has 20 nitrogen and oxygen atoms in total. The van der Waals surface area contributed by atoms with Gasteiger partial charge < -0.3 is 78.3 Å². The summed E-state index contributed by atoms with van der Waals surface area (Å²) in [6, 6.07) is 5.50. The number of aliphatic hydroxyl groups is 6. The van der Waals surface area contributed by atoms with Crippen molar-refractivity contribution < 1.29 is 82.3 Å². The number of nitrogens with zero attached hydrogens (tertiary/aromatic N) is 2. The van der Waals surface area contributed by atoms with Crippen molar-refractivity contribution in [3.05, 3.63) is 52.9 Å². The molecule has 1 aromatic carbocycles. The van der Waals surface area contributed by atoms with Crippen molar-refractivity contribution in [2.45, 2.75) is 222 Å². The third-order valence-electron chi connectivity index (χ3n) is 19.9. The minimum absolute atomic E-state index is 0.0452. The number of H-pyrrole nitrogens is 1. The molecule has 7 fully saturated rings. The second-order valence-electron chi connectivity index (χ2n) is 24.3. The minimum Gasteiger partial charge on any atom is -0.497 e. The van der Waals surface area contributed by atoms with Crippen LogP contribution >= 0.6 is 0 Å². The first-order valence-corrected chi connectivity index (χ1v) is 29.7. The number of hydrogen-bond donors (Lipinski definition) is 7. The van der Waals surface area contributed by atoms with Gasteiger partial charge in [0, 0.05) is 54.1 Å². The number of nitrogens with one attached hydrogen (secondary N) is 1. The van der Waals surface area contributed by atoms with E-state index in [1.54, 1.807) is 40.3 Å². The van der Waals surface area contributed by atoms with Gasteiger partial charge in [0.05, 0.1) is 102 Å². The third kappa shape index (κ3) is 11.1. The third-order valence-corrected chi connectivity index (χ3v) is 21.0. The monoisotopic (exact) mass is 1130 g/mol. The van der Waals surface area contributed by atoms with Crippen molar-refractivity contribution in [2.75, 3.05) is 20.8 Å². The average Bonchev–Trinajstić information content (AvgIpc) is 2.68. The number of rotatable bonds is 12. The van der Waals surface area contributed by atoms with Crippen LogP contribution < -0.4 is 9.47 Å². The lowest BCUT2D eigenvalue weighted by Gasteiger charge is -2.65. The molecule has 2 aromatic heterocycles. The van der Waals surface area contributed by atoms with E-state index < -0.39 is 102 Å². The number of methoxy groups -OCH3 is 2. The Kier molecular flexibility index (Phi) is 17.2. The molecule has 4 aliphatic carbocycles. The predicted molar refractivity (Wildman–Crippen MR) is 286 cm³/mol. The average molecular weight is 1130 g/mol. The number of fused-ring (bicyclic) bond motifs is 6. The minimum atomic E-state index is -1.33. The normalized spacial score (nSPS) is 42.4. The van der Waals surface area contributed by atoms with Gasteiger partial charge in [-0.3, -0.25) is 9.19 Å². The first kappa shape index (κ1) is 58.5. The van der Waals surface area contributed by atoms with Crippen molar-refractivity contribution in [3.8, 4) is 11.5 Å². The van der Waals surface area contributed by atoms with Gasteiger partial charge >= 0.3 is 5.97 Å². The molecule has 1 unspecified atom stereocenters. The van der Waals surface area contributed by atoms with Crippen molar-refractivity contribution in [1.82, 2.24) is 15.0 Å². The van der Waals surface area contributed by atoms with Gasteiger partial charge in [0.2, 0.25) is 0 Å². The Bertz CT molecular complexity index is 2690. The number of carbonyl (C=O) groups excluding carboxylic acids is 1. The highest BCUT2D eigenvalue weighted by Crippen LogP contribution is 2.70. The quantitative estimate of drug-likeness (QED) is 0.0916. The highest BCUT2D eigenvalue weighted by Gasteiger charge is 2.71. The summed E-state index contributed by atoms with van der Waals surface area (Å²) in [5, 5.41) is 67.3. The Hall–Kier alpha value is -3.68. The van der Waals surface area contributed by atoms with Crippen molar-refractivity contribution in [2.24, 2.45) is 34.5 Å². The van der Waals surface area contributed by atoms with Gasteiger partial charge in [0.15, 0.2) is 24.0 Å². The molecule has 79 heavy (non-hydrogen) atoms. The molecule has 4 aliphatic heterocycles. The number of aromatic amines is 1. The number of cyclic esters (lactones) is 1. The van der Waals surface area contributed by atoms with Crippen LogP contribution in [0.2, 0.25) is 0 Å². The van der Waals surface area contributed by atoms with E-state index >= 15 is 0 Å². The molecule has 0 spiro atoms. The van der Waals surface area contributed by atoms with Crippen molar-refractivity contribution in [3.63, 3.8) is 0 Å². The maximum Gasteiger partial charge on any atom is 0.331 e. The number of carbonyl (C=O) groups is 1. The Morgan fingerprint density at radius 3 is 2.06 bits per heavy atom. The zero-order valence-electron chi connectivity index (χ0n) is 46.9. The first-order chi connectivity index (χ1) is 37.5. The summed E-state index contributed by atoms with van der Waals surface area (Å²) in [4.78, 5) is 23.8. The van der Waals surface area contributed by atoms with Crippen LogP contribution in [0.5, 0.6) is 11.5 Å². The smallest absolute Gasteiger partial charge is 0.331 e. The van der Waals surface area contributed by atoms with Crippen LogP contribution in [0.25, 0.3) is 11.0 Å². The predicted octanol–water partition coefficient (Wildman–Crippen LogP) is 5.12. The van der Waals surface area contributed by atoms with E-state index in [-0.39, 0.29) is 66.9 Å². The molecule has 4 saturated carbocycles. The van der Waals surface area contributed by atoms with E-state index in [1.165, 1.54) is 0 Å². The molecular formula is C58H83N3O17S. The molecule has 438 valence electrons. The standard InChI is InChI=1S/C41H64O14.C17H19N3O3S/c1-19-36(47)28(42)15-34(50-19)54-38-21(3)52-35(17-30(38)44)55-37-20(2)51-33(16-29(37)43)53-24-8-10-39(4)23(13-24)6-7-26-27(39)14-31(45)40(5)25(9-11-41(26,40)48)22-12-32(46)49-18-22;1-10-8-18-15(11(2)16(10)23-4)9-24(21)17-19-13-6-5-12(22-3)7-14(13)20-17/h12,19-21,23-31,33-38,42-45,47-48H,6-11,13-18H2,1-5H3;5-8H,9H2,1-4H3,(H,19,20)/t19-,20-,21-,23-,24+,25-,26-,27+,28+,29+,30+,31-,33+,34+,35+,36-,37-,38-,39+,40+,41+;/m1./s1. The lowest BCUT2D eigenvalue weighted by Crippen LogP contribution is -2.67. The zero-order valence-corrected chi connectivity index (χ0v) is 47.8. The molecule has 7 N–H and O–H groups in total. The molecule has 21 heteroatoms. The van der Waals surface area contributed by atoms with E-state index in [0.29, 0.717) is 23.9 Å². The molecule has 3 aromatic rings. The molecule has 0 radical (unpaired) electrons. The van der Waals surface area contributed by atoms with Gasteiger partial charge in [-0.25, -0.2) is 9.78 Å². The summed E-state index contributed by atoms with van der Waals surface area (Å²) >= 11 is 0. The highest BCUT2D eigenvalue weighted by atomic mass is 32.2. The van der Waals surface area contributed by atoms with Gasteiger partial charge in [-0.2, -0.15) is 0 Å². The maximum atomic E-state index is 12.7. The van der Waals surface area contributed by atoms with Crippen molar-refractivity contribution >= 4 is 27.8 Å². The van der Waals surface area contributed by atoms with E-state index in [9.17, 15) is 39.6 Å². The van der Waals surface area contributed by atoms with Crippen LogP contribution in [-0.4, -0.2) is 168 Å². The summed E-state index contributed by atoms with van der Waals surface area (Å²) < 4.78 is 65.3. The highest BCUT2D eigenvalue weighted by molar-refractivity contribution is 7.84. The maximum absolute atomic E-state index is 12.7. The van der Waals surface area contributed by atoms with E-state index in [0.717, 1.165) is 83.5 Å². The summed E-state index contributed by atoms with van der Waals surface area (Å²) in [6.07, 6.45) is 0.226. The first-order valence-electron chi connectivity index (χ1n) is 28.4. The number of esters is 1. The number of ether oxygens (including phenoxy) is 9. The SMILES string of the molecule is COc1ccc2nc(S(=O)Cc3ncc(C)c(OC)c3C)[nH]c2c1.C[C@H]1O[C@@H](O[C@H]2[C@@H](O)C[C@H](O[C@H]3[C@@H](O)C[C@H](O[C@H]4CC[C@@]5(C)[C@H](CC[C@@H]6[C@@H]5C[C@@H](O)[C@]5(C)[C@@H](C7=CC(=O)OC7)CC[C@]65O)C4)O[C@@H]3C)O[C@@H]2C)C[C@H](O)[C@@H]1O. The van der Waals surface area contributed by atoms with Gasteiger partial charge in [0.1, 0.15) is 36.4 Å². The Morgan fingerprint density at radius 1 is 0.785 bits per heavy atom. The van der Waals surface area contributed by atoms with Crippen molar-refractivity contribution in [1.29, 1.82) is 0 Å². The molecule has 8 aliphatic rings. The summed E-state index contributed by atoms with van der Waals surface area (Å²) in [7, 11) is 1.91. The number of imidazole rings is 1. The van der Waals surface area contributed by atoms with Crippen LogP contribution in [0.3, 0.4) is 0 Å². The van der Waals surface area contributed by atoms with Gasteiger partial charge in [0.25, 0.3) is 0 Å². The molecule has 11 rings (SSSR count). The van der Waals surface area contributed by atoms with Crippen LogP contribution in [0.15, 0.2) is 41.2 Å². The van der Waals surface area contributed by atoms with E-state index in [1.807, 2.05) is 45.9 Å². The second kappa shape index (κ2) is 23.2. The molecule has 22 atom stereocenters. The van der Waals surface area contributed by atoms with Crippen LogP contribution in [0.4, 0.5) is 0 Å². The Balaban J connectivity index is 0.000000244.